The van der Waals surface area contributed by atoms with Gasteiger partial charge in [-0.25, -0.2) is 0 Å². The summed E-state index contributed by atoms with van der Waals surface area (Å²) in [4.78, 5) is 17.1. The van der Waals surface area contributed by atoms with Crippen LogP contribution in [0.25, 0.3) is 10.4 Å². The number of carbonyl (C=O) groups is 1. The Morgan fingerprint density at radius 1 is 0.644 bits per heavy atom. The van der Waals surface area contributed by atoms with Crippen LogP contribution in [0.15, 0.2) is 35.4 Å². The molecule has 1 aromatic carbocycles. The van der Waals surface area contributed by atoms with E-state index in [9.17, 15) is 10.3 Å². The highest BCUT2D eigenvalue weighted by Gasteiger charge is 2.48. The zero-order chi connectivity index (χ0) is 63.6. The number of carbonyl (C=O) groups excluding carboxylic acids is 1. The van der Waals surface area contributed by atoms with Gasteiger partial charge in [-0.15, -0.1) is 0 Å². The molecular weight excluding hydrogens is 1100 g/mol. The molecular formula is C75H92N4O7Si. The maximum atomic E-state index is 14.1. The largest absolute Gasteiger partial charge is 0.411 e. The molecule has 1 N–H and O–H groups in total. The monoisotopic (exact) mass is 1190 g/mol. The van der Waals surface area contributed by atoms with Gasteiger partial charge in [-0.05, 0) is 167 Å². The van der Waals surface area contributed by atoms with E-state index in [1.165, 1.54) is 64.2 Å². The van der Waals surface area contributed by atoms with Gasteiger partial charge in [-0.1, -0.05) is 188 Å². The Hall–Kier alpha value is -7.30. The molecule has 2 aliphatic heterocycles. The van der Waals surface area contributed by atoms with Crippen LogP contribution in [0.3, 0.4) is 0 Å². The van der Waals surface area contributed by atoms with Crippen molar-refractivity contribution in [1.29, 1.82) is 0 Å². The van der Waals surface area contributed by atoms with E-state index in [4.69, 9.17) is 28.1 Å². The first kappa shape index (κ1) is 74.0. The number of rotatable bonds is 29. The van der Waals surface area contributed by atoms with Crippen LogP contribution in [-0.4, -0.2) is 77.0 Å². The van der Waals surface area contributed by atoms with Crippen molar-refractivity contribution in [2.45, 2.75) is 227 Å². The number of benzene rings is 1. The number of unbranched alkanes of at least 4 members (excludes halogenated alkanes) is 11. The van der Waals surface area contributed by atoms with E-state index in [0.717, 1.165) is 24.8 Å². The van der Waals surface area contributed by atoms with Crippen LogP contribution >= 0.6 is 0 Å². The van der Waals surface area contributed by atoms with E-state index in [1.807, 2.05) is 18.2 Å². The topological polar surface area (TPSA) is 133 Å². The van der Waals surface area contributed by atoms with Crippen molar-refractivity contribution >= 4 is 14.2 Å². The van der Waals surface area contributed by atoms with Crippen LogP contribution in [0.1, 0.15) is 165 Å². The highest BCUT2D eigenvalue weighted by atomic mass is 28.4. The van der Waals surface area contributed by atoms with Gasteiger partial charge in [0.25, 0.3) is 5.91 Å². The van der Waals surface area contributed by atoms with Gasteiger partial charge in [0.15, 0.2) is 20.9 Å². The van der Waals surface area contributed by atoms with Crippen LogP contribution in [0.5, 0.6) is 0 Å². The third-order valence-electron chi connectivity index (χ3n) is 16.6. The fourth-order valence-electron chi connectivity index (χ4n) is 9.74. The first-order chi connectivity index (χ1) is 41.9. The minimum absolute atomic E-state index is 0.00577. The molecule has 0 saturated carbocycles. The second kappa shape index (κ2) is 43.3. The zero-order valence-corrected chi connectivity index (χ0v) is 55.1. The van der Waals surface area contributed by atoms with Crippen LogP contribution in [0, 0.1) is 178 Å². The zero-order valence-electron chi connectivity index (χ0n) is 54.1. The Balaban J connectivity index is 1.91. The maximum Gasteiger partial charge on any atom is 0.297 e. The molecule has 3 rings (SSSR count). The summed E-state index contributed by atoms with van der Waals surface area (Å²) in [5.41, 5.74) is 10.5. The van der Waals surface area contributed by atoms with Crippen molar-refractivity contribution in [3.63, 3.8) is 0 Å². The standard InChI is InChI=1S/C75H92N4O7Si/c1-14-16-18-20-22-24-26-28-29-30-31-32-33-34-35-36-37-38-40-42-44-46-51-55-70(80)78-67(71(86-87(12,13)75(9,10)11)60(3)52-48-45-43-41-39-27-25-23-21-19-17-15-2)58-82-74-72(64(7)63(6)68(83-74)56-77-79-76)85-73-65(8)61(4)62(5)69(84-73)59-81-57-66-53-49-47-50-54-66/h47,49-50,53-54,60-65,67-69,71-74H,15,17,19,21,23,25,27,39,41,43,45,48,52,56-59H2,1-13H3,(H,78,80)/t60-,61+,62-,63-,64+,65?,67+,68?,69?,71-,72?,73?,74+/m1/s1. The Bertz CT molecular complexity index is 3180. The quantitative estimate of drug-likeness (QED) is 0.0211. The molecule has 1 amide bonds. The van der Waals surface area contributed by atoms with Crippen LogP contribution in [-0.2, 0) is 39.5 Å². The lowest BCUT2D eigenvalue weighted by atomic mass is 9.78. The van der Waals surface area contributed by atoms with E-state index in [2.05, 4.69) is 252 Å². The van der Waals surface area contributed by atoms with Gasteiger partial charge in [-0.3, -0.25) is 4.79 Å². The highest BCUT2D eigenvalue weighted by Crippen LogP contribution is 2.42. The van der Waals surface area contributed by atoms with E-state index in [1.54, 1.807) is 6.92 Å². The summed E-state index contributed by atoms with van der Waals surface area (Å²) < 4.78 is 41.3. The molecule has 5 unspecified atom stereocenters. The fourth-order valence-corrected chi connectivity index (χ4v) is 11.2. The molecule has 2 saturated heterocycles. The van der Waals surface area contributed by atoms with Gasteiger partial charge in [-0.2, -0.15) is 0 Å². The van der Waals surface area contributed by atoms with Gasteiger partial charge >= 0.3 is 0 Å². The molecule has 0 bridgehead atoms. The minimum Gasteiger partial charge on any atom is -0.411 e. The third-order valence-corrected chi connectivity index (χ3v) is 21.1. The average molecular weight is 1190 g/mol. The molecule has 0 radical (unpaired) electrons. The van der Waals surface area contributed by atoms with Gasteiger partial charge < -0.3 is 33.4 Å². The Labute approximate surface area is 526 Å². The summed E-state index contributed by atoms with van der Waals surface area (Å²) in [6.07, 6.45) is 12.7. The van der Waals surface area contributed by atoms with Gasteiger partial charge in [0.05, 0.1) is 50.7 Å². The second-order valence-electron chi connectivity index (χ2n) is 23.9. The molecule has 0 aromatic heterocycles. The SMILES string of the molecule is CC#CC#CC#CC#CC#CC#CC#CC#CC#CC#CC#CC#CC(=O)N[C@@H](CO[C@H]1OC(CN=[N+]=[N-])[C@H](C)[C@H](C)C1OC1OC(COCc2ccccc2)[C@H](C)[C@H](C)C1C)[C@H](O[Si](C)(C)C(C)(C)C)[C@H](C)CCCCCCCCCCCCCC. The molecule has 458 valence electrons. The Kier molecular flexibility index (Phi) is 36.8. The normalized spacial score (nSPS) is 21.5. The number of hydrogen-bond acceptors (Lipinski definition) is 8. The fraction of sp³-hybridized carbons (Fsp3) is 0.587. The third kappa shape index (κ3) is 29.8. The molecule has 13 atom stereocenters. The van der Waals surface area contributed by atoms with Crippen molar-refractivity contribution in [3.8, 4) is 142 Å². The molecule has 0 aliphatic carbocycles. The number of ether oxygens (including phenoxy) is 5. The van der Waals surface area contributed by atoms with Crippen LogP contribution < -0.4 is 5.32 Å². The lowest BCUT2D eigenvalue weighted by Crippen LogP contribution is -2.58. The predicted molar refractivity (Wildman–Crippen MR) is 352 cm³/mol. The lowest BCUT2D eigenvalue weighted by molar-refractivity contribution is -0.339. The average Bonchev–Trinajstić information content (AvgIpc) is 1.10. The first-order valence-electron chi connectivity index (χ1n) is 31.1. The second-order valence-corrected chi connectivity index (χ2v) is 28.7. The smallest absolute Gasteiger partial charge is 0.297 e. The van der Waals surface area contributed by atoms with Crippen LogP contribution in [0.4, 0.5) is 0 Å². The van der Waals surface area contributed by atoms with E-state index in [-0.39, 0.29) is 59.8 Å². The van der Waals surface area contributed by atoms with Crippen molar-refractivity contribution in [2.75, 3.05) is 19.8 Å². The maximum absolute atomic E-state index is 14.1. The summed E-state index contributed by atoms with van der Waals surface area (Å²) in [7, 11) is -2.47. The number of azide groups is 1. The number of hydrogen-bond donors (Lipinski definition) is 1. The summed E-state index contributed by atoms with van der Waals surface area (Å²) in [6, 6.07) is 9.45. The predicted octanol–water partition coefficient (Wildman–Crippen LogP) is 13.2. The van der Waals surface area contributed by atoms with Crippen molar-refractivity contribution < 1.29 is 32.9 Å². The molecule has 2 heterocycles. The van der Waals surface area contributed by atoms with E-state index >= 15 is 0 Å². The first-order valence-corrected chi connectivity index (χ1v) is 34.0. The molecule has 2 fully saturated rings. The summed E-state index contributed by atoms with van der Waals surface area (Å²) >= 11 is 0. The van der Waals surface area contributed by atoms with Crippen LogP contribution in [0.2, 0.25) is 18.1 Å². The van der Waals surface area contributed by atoms with Gasteiger partial charge in [0.2, 0.25) is 0 Å². The van der Waals surface area contributed by atoms with Crippen molar-refractivity contribution in [1.82, 2.24) is 5.32 Å². The molecule has 0 spiro atoms. The van der Waals surface area contributed by atoms with E-state index < -0.39 is 51.2 Å². The number of nitrogens with zero attached hydrogens (tertiary/aromatic N) is 3. The highest BCUT2D eigenvalue weighted by molar-refractivity contribution is 6.74. The van der Waals surface area contributed by atoms with Crippen molar-refractivity contribution in [2.24, 2.45) is 40.6 Å². The van der Waals surface area contributed by atoms with E-state index in [0.29, 0.717) is 13.2 Å². The lowest BCUT2D eigenvalue weighted by Gasteiger charge is -2.49. The molecule has 2 aliphatic rings. The molecule has 11 nitrogen and oxygen atoms in total. The summed E-state index contributed by atoms with van der Waals surface area (Å²) in [5, 5.41) is 7.02. The molecule has 12 heteroatoms. The Morgan fingerprint density at radius 2 is 1.11 bits per heavy atom. The van der Waals surface area contributed by atoms with Gasteiger partial charge in [0, 0.05) is 52.3 Å². The summed E-state index contributed by atoms with van der Waals surface area (Å²) in [6.45, 7) is 29.1. The van der Waals surface area contributed by atoms with Crippen molar-refractivity contribution in [3.05, 3.63) is 46.3 Å². The van der Waals surface area contributed by atoms with Gasteiger partial charge in [0.1, 0.15) is 6.10 Å². The minimum atomic E-state index is -2.47. The molecule has 1 aromatic rings. The molecule has 87 heavy (non-hydrogen) atoms. The Morgan fingerprint density at radius 3 is 1.61 bits per heavy atom. The number of nitrogens with one attached hydrogen (secondary N) is 1. The summed E-state index contributed by atoms with van der Waals surface area (Å²) in [5.74, 6) is 61.8. The number of amides is 1.